The van der Waals surface area contributed by atoms with Crippen molar-refractivity contribution in [2.24, 2.45) is 0 Å². The van der Waals surface area contributed by atoms with Gasteiger partial charge in [0.15, 0.2) is 0 Å². The zero-order chi connectivity index (χ0) is 22.2. The van der Waals surface area contributed by atoms with Gasteiger partial charge in [0, 0.05) is 44.2 Å². The van der Waals surface area contributed by atoms with Crippen molar-refractivity contribution in [2.45, 2.75) is 31.8 Å². The van der Waals surface area contributed by atoms with E-state index in [0.29, 0.717) is 18.7 Å². The van der Waals surface area contributed by atoms with Crippen molar-refractivity contribution in [3.05, 3.63) is 71.8 Å². The van der Waals surface area contributed by atoms with Crippen LogP contribution in [-0.2, 0) is 9.59 Å². The smallest absolute Gasteiger partial charge is 0.326 e. The highest BCUT2D eigenvalue weighted by molar-refractivity contribution is 5.96. The molecule has 2 amide bonds. The number of carbonyl (C=O) groups is 3. The predicted molar refractivity (Wildman–Crippen MR) is 118 cm³/mol. The zero-order valence-electron chi connectivity index (χ0n) is 17.7. The molecule has 0 bridgehead atoms. The predicted octanol–water partition coefficient (Wildman–Crippen LogP) is 2.56. The number of hydrogen-bond acceptors (Lipinski definition) is 4. The van der Waals surface area contributed by atoms with Crippen molar-refractivity contribution >= 4 is 17.8 Å². The van der Waals surface area contributed by atoms with Gasteiger partial charge in [-0.05, 0) is 31.0 Å². The van der Waals surface area contributed by atoms with Crippen LogP contribution in [0, 0.1) is 0 Å². The summed E-state index contributed by atoms with van der Waals surface area (Å²) in [7, 11) is 0. The number of carboxylic acids is 1. The molecular weight excluding hydrogens is 394 g/mol. The highest BCUT2D eigenvalue weighted by Crippen LogP contribution is 2.21. The Kier molecular flexibility index (Phi) is 7.78. The minimum Gasteiger partial charge on any atom is -0.480 e. The van der Waals surface area contributed by atoms with E-state index in [1.165, 1.54) is 5.56 Å². The zero-order valence-corrected chi connectivity index (χ0v) is 17.7. The monoisotopic (exact) mass is 423 g/mol. The van der Waals surface area contributed by atoms with Gasteiger partial charge in [-0.2, -0.15) is 0 Å². The van der Waals surface area contributed by atoms with Crippen LogP contribution in [0.1, 0.15) is 41.7 Å². The van der Waals surface area contributed by atoms with Crippen molar-refractivity contribution in [3.8, 4) is 0 Å². The first-order chi connectivity index (χ1) is 15.0. The molecular formula is C24H29N3O4. The van der Waals surface area contributed by atoms with Gasteiger partial charge in [0.25, 0.3) is 5.91 Å². The third kappa shape index (κ3) is 6.15. The van der Waals surface area contributed by atoms with Crippen molar-refractivity contribution in [2.75, 3.05) is 26.2 Å². The molecule has 2 atom stereocenters. The molecule has 1 unspecified atom stereocenters. The van der Waals surface area contributed by atoms with Gasteiger partial charge in [-0.1, -0.05) is 48.5 Å². The molecule has 0 radical (unpaired) electrons. The molecule has 1 saturated heterocycles. The normalized spacial score (nSPS) is 16.4. The number of hydrogen-bond donors (Lipinski definition) is 2. The lowest BCUT2D eigenvalue weighted by Crippen LogP contribution is -2.49. The molecule has 0 aliphatic carbocycles. The third-order valence-corrected chi connectivity index (χ3v) is 5.78. The summed E-state index contributed by atoms with van der Waals surface area (Å²) < 4.78 is 0. The van der Waals surface area contributed by atoms with E-state index >= 15 is 0 Å². The van der Waals surface area contributed by atoms with Crippen LogP contribution < -0.4 is 5.32 Å². The van der Waals surface area contributed by atoms with E-state index in [0.717, 1.165) is 13.1 Å². The fraction of sp³-hybridized carbons (Fsp3) is 0.375. The van der Waals surface area contributed by atoms with Crippen LogP contribution in [0.3, 0.4) is 0 Å². The molecule has 1 aliphatic rings. The number of carbonyl (C=O) groups excluding carboxylic acids is 2. The number of benzene rings is 2. The second-order valence-electron chi connectivity index (χ2n) is 7.77. The molecule has 1 heterocycles. The van der Waals surface area contributed by atoms with E-state index in [1.807, 2.05) is 18.2 Å². The van der Waals surface area contributed by atoms with Crippen LogP contribution in [0.4, 0.5) is 0 Å². The van der Waals surface area contributed by atoms with Gasteiger partial charge in [0.2, 0.25) is 5.91 Å². The second kappa shape index (κ2) is 10.7. The number of nitrogens with one attached hydrogen (secondary N) is 1. The van der Waals surface area contributed by atoms with Gasteiger partial charge in [-0.3, -0.25) is 14.5 Å². The minimum atomic E-state index is -1.14. The van der Waals surface area contributed by atoms with Crippen LogP contribution in [-0.4, -0.2) is 64.9 Å². The van der Waals surface area contributed by atoms with Crippen LogP contribution in [0.5, 0.6) is 0 Å². The third-order valence-electron chi connectivity index (χ3n) is 5.78. The summed E-state index contributed by atoms with van der Waals surface area (Å²) in [6.07, 6.45) is 0.146. The maximum absolute atomic E-state index is 12.6. The van der Waals surface area contributed by atoms with E-state index in [4.69, 9.17) is 0 Å². The highest BCUT2D eigenvalue weighted by atomic mass is 16.4. The van der Waals surface area contributed by atoms with Crippen molar-refractivity contribution in [3.63, 3.8) is 0 Å². The molecule has 7 nitrogen and oxygen atoms in total. The van der Waals surface area contributed by atoms with E-state index in [-0.39, 0.29) is 24.8 Å². The Bertz CT molecular complexity index is 880. The highest BCUT2D eigenvalue weighted by Gasteiger charge is 2.27. The minimum absolute atomic E-state index is 0.0629. The largest absolute Gasteiger partial charge is 0.480 e. The summed E-state index contributed by atoms with van der Waals surface area (Å²) in [6, 6.07) is 17.9. The lowest BCUT2D eigenvalue weighted by Gasteiger charge is -2.38. The number of piperazine rings is 1. The van der Waals surface area contributed by atoms with Gasteiger partial charge in [-0.25, -0.2) is 4.79 Å². The van der Waals surface area contributed by atoms with E-state index < -0.39 is 17.9 Å². The first-order valence-corrected chi connectivity index (χ1v) is 10.6. The van der Waals surface area contributed by atoms with Crippen LogP contribution in [0.15, 0.2) is 60.7 Å². The summed E-state index contributed by atoms with van der Waals surface area (Å²) in [4.78, 5) is 40.6. The van der Waals surface area contributed by atoms with E-state index in [9.17, 15) is 19.5 Å². The van der Waals surface area contributed by atoms with Gasteiger partial charge >= 0.3 is 5.97 Å². The number of amides is 2. The molecule has 1 aliphatic heterocycles. The number of aliphatic carboxylic acids is 1. The van der Waals surface area contributed by atoms with Crippen molar-refractivity contribution in [1.29, 1.82) is 0 Å². The molecule has 7 heteroatoms. The number of carboxylic acid groups (broad SMARTS) is 1. The first kappa shape index (κ1) is 22.5. The van der Waals surface area contributed by atoms with Crippen LogP contribution in [0.2, 0.25) is 0 Å². The maximum Gasteiger partial charge on any atom is 0.326 e. The summed E-state index contributed by atoms with van der Waals surface area (Å²) in [5, 5.41) is 12.0. The Morgan fingerprint density at radius 3 is 2.10 bits per heavy atom. The molecule has 31 heavy (non-hydrogen) atoms. The average Bonchev–Trinajstić information content (AvgIpc) is 2.82. The summed E-state index contributed by atoms with van der Waals surface area (Å²) in [6.45, 7) is 4.94. The quantitative estimate of drug-likeness (QED) is 0.681. The fourth-order valence-electron chi connectivity index (χ4n) is 3.82. The Balaban J connectivity index is 1.47. The lowest BCUT2D eigenvalue weighted by atomic mass is 10.1. The number of nitrogens with zero attached hydrogens (tertiary/aromatic N) is 2. The second-order valence-corrected chi connectivity index (χ2v) is 7.77. The van der Waals surface area contributed by atoms with Gasteiger partial charge in [-0.15, -0.1) is 0 Å². The first-order valence-electron chi connectivity index (χ1n) is 10.6. The number of rotatable bonds is 8. The van der Waals surface area contributed by atoms with Gasteiger partial charge in [0.1, 0.15) is 6.04 Å². The standard InChI is InChI=1S/C24H29N3O4/c1-18(19-8-4-2-5-9-19)26-14-16-27(17-15-26)22(28)13-12-21(24(30)31)25-23(29)20-10-6-3-7-11-20/h2-11,18,21H,12-17H2,1H3,(H,25,29)(H,30,31)/t18?,21-/m0/s1. The Morgan fingerprint density at radius 1 is 0.935 bits per heavy atom. The van der Waals surface area contributed by atoms with E-state index in [2.05, 4.69) is 29.3 Å². The summed E-state index contributed by atoms with van der Waals surface area (Å²) in [5.41, 5.74) is 1.64. The molecule has 0 aromatic heterocycles. The molecule has 2 N–H and O–H groups in total. The Morgan fingerprint density at radius 2 is 1.52 bits per heavy atom. The van der Waals surface area contributed by atoms with Crippen molar-refractivity contribution < 1.29 is 19.5 Å². The summed E-state index contributed by atoms with van der Waals surface area (Å²) in [5.74, 6) is -1.67. The average molecular weight is 424 g/mol. The van der Waals surface area contributed by atoms with E-state index in [1.54, 1.807) is 35.2 Å². The summed E-state index contributed by atoms with van der Waals surface area (Å²) >= 11 is 0. The van der Waals surface area contributed by atoms with Gasteiger partial charge < -0.3 is 15.3 Å². The molecule has 3 rings (SSSR count). The molecule has 164 valence electrons. The molecule has 0 spiro atoms. The van der Waals surface area contributed by atoms with Gasteiger partial charge in [0.05, 0.1) is 0 Å². The topological polar surface area (TPSA) is 90.0 Å². The van der Waals surface area contributed by atoms with Crippen molar-refractivity contribution in [1.82, 2.24) is 15.1 Å². The Hall–Kier alpha value is -3.19. The molecule has 2 aromatic rings. The molecule has 2 aromatic carbocycles. The SMILES string of the molecule is CC(c1ccccc1)N1CCN(C(=O)CC[C@H](NC(=O)c2ccccc2)C(=O)O)CC1. The van der Waals surface area contributed by atoms with Crippen LogP contribution in [0.25, 0.3) is 0 Å². The molecule has 1 fully saturated rings. The Labute approximate surface area is 182 Å². The molecule has 0 saturated carbocycles. The lowest BCUT2D eigenvalue weighted by molar-refractivity contribution is -0.140. The van der Waals surface area contributed by atoms with Crippen LogP contribution >= 0.6 is 0 Å². The maximum atomic E-state index is 12.6. The fourth-order valence-corrected chi connectivity index (χ4v) is 3.82.